The van der Waals surface area contributed by atoms with Crippen molar-refractivity contribution in [3.8, 4) is 0 Å². The summed E-state index contributed by atoms with van der Waals surface area (Å²) in [4.78, 5) is 15.1. The van der Waals surface area contributed by atoms with Gasteiger partial charge in [-0.1, -0.05) is 29.8 Å². The summed E-state index contributed by atoms with van der Waals surface area (Å²) in [5.41, 5.74) is 1.61. The van der Waals surface area contributed by atoms with Crippen molar-refractivity contribution >= 4 is 23.2 Å². The molecular formula is C22H21ClFN5O. The average molecular weight is 426 g/mol. The molecule has 0 aliphatic carbocycles. The number of aromatic nitrogens is 3. The van der Waals surface area contributed by atoms with E-state index >= 15 is 0 Å². The molecule has 1 amide bonds. The third-order valence-electron chi connectivity index (χ3n) is 5.92. The molecule has 2 aliphatic rings. The molecule has 154 valence electrons. The van der Waals surface area contributed by atoms with Crippen LogP contribution in [0.3, 0.4) is 0 Å². The van der Waals surface area contributed by atoms with Crippen LogP contribution in [-0.4, -0.2) is 38.7 Å². The number of hydrogen-bond donors (Lipinski definition) is 1. The van der Waals surface area contributed by atoms with Crippen LogP contribution in [0.1, 0.15) is 22.0 Å². The number of benzene rings is 2. The van der Waals surface area contributed by atoms with Crippen molar-refractivity contribution in [3.05, 3.63) is 76.6 Å². The summed E-state index contributed by atoms with van der Waals surface area (Å²) in [6.07, 6.45) is 0.803. The van der Waals surface area contributed by atoms with Gasteiger partial charge in [-0.25, -0.2) is 4.39 Å². The van der Waals surface area contributed by atoms with Gasteiger partial charge in [-0.15, -0.1) is 10.2 Å². The van der Waals surface area contributed by atoms with Crippen LogP contribution in [0.4, 0.5) is 10.1 Å². The van der Waals surface area contributed by atoms with Crippen LogP contribution in [0.2, 0.25) is 5.02 Å². The van der Waals surface area contributed by atoms with E-state index in [1.807, 2.05) is 22.8 Å². The monoisotopic (exact) mass is 425 g/mol. The highest BCUT2D eigenvalue weighted by Gasteiger charge is 2.39. The second-order valence-electron chi connectivity index (χ2n) is 8.06. The van der Waals surface area contributed by atoms with Crippen molar-refractivity contribution in [1.29, 1.82) is 0 Å². The minimum atomic E-state index is -0.398. The molecule has 3 aromatic rings. The number of halogens is 2. The smallest absolute Gasteiger partial charge is 0.293 e. The highest BCUT2D eigenvalue weighted by molar-refractivity contribution is 6.30. The van der Waals surface area contributed by atoms with Gasteiger partial charge in [0.1, 0.15) is 11.6 Å². The maximum absolute atomic E-state index is 13.4. The summed E-state index contributed by atoms with van der Waals surface area (Å²) < 4.78 is 15.3. The first-order valence-corrected chi connectivity index (χ1v) is 10.4. The molecule has 1 aromatic heterocycles. The molecule has 0 radical (unpaired) electrons. The first kappa shape index (κ1) is 19.2. The number of fused-ring (bicyclic) bond motifs is 2. The molecule has 2 atom stereocenters. The van der Waals surface area contributed by atoms with E-state index in [0.29, 0.717) is 24.1 Å². The second-order valence-corrected chi connectivity index (χ2v) is 8.50. The molecule has 3 heterocycles. The Morgan fingerprint density at radius 3 is 2.77 bits per heavy atom. The lowest BCUT2D eigenvalue weighted by Gasteiger charge is -2.25. The summed E-state index contributed by atoms with van der Waals surface area (Å²) in [6.45, 7) is 3.53. The first-order chi connectivity index (χ1) is 14.5. The third kappa shape index (κ3) is 3.82. The van der Waals surface area contributed by atoms with E-state index in [2.05, 4.69) is 26.5 Å². The number of hydrogen-bond acceptors (Lipinski definition) is 4. The maximum Gasteiger partial charge on any atom is 0.293 e. The number of amides is 1. The van der Waals surface area contributed by atoms with Gasteiger partial charge in [-0.3, -0.25) is 9.69 Å². The number of carbonyl (C=O) groups is 1. The fraction of sp³-hybridized carbons (Fsp3) is 0.318. The summed E-state index contributed by atoms with van der Waals surface area (Å²) in [5, 5.41) is 11.8. The summed E-state index contributed by atoms with van der Waals surface area (Å²) in [5.74, 6) is 1.29. The number of carbonyl (C=O) groups excluding carboxylic acids is 1. The van der Waals surface area contributed by atoms with Gasteiger partial charge in [0.15, 0.2) is 0 Å². The van der Waals surface area contributed by atoms with Crippen LogP contribution >= 0.6 is 11.6 Å². The van der Waals surface area contributed by atoms with Gasteiger partial charge < -0.3 is 9.88 Å². The lowest BCUT2D eigenvalue weighted by molar-refractivity contribution is 0.100. The van der Waals surface area contributed by atoms with Crippen LogP contribution in [0, 0.1) is 17.7 Å². The van der Waals surface area contributed by atoms with Crippen molar-refractivity contribution < 1.29 is 9.18 Å². The Bertz CT molecular complexity index is 1100. The number of anilines is 1. The standard InChI is InChI=1S/C22H21ClFN5O/c23-17-4-1-3-14(7-17)10-28-11-15-8-20-26-27-21(29(20)13-16(15)12-28)22(30)25-19-6-2-5-18(24)9-19/h1-7,9,15-16H,8,10-13H2,(H,25,30)/t15-,16+/m0/s1. The van der Waals surface area contributed by atoms with Gasteiger partial charge in [-0.2, -0.15) is 0 Å². The van der Waals surface area contributed by atoms with Crippen LogP contribution in [-0.2, 0) is 19.5 Å². The Morgan fingerprint density at radius 2 is 1.93 bits per heavy atom. The topological polar surface area (TPSA) is 63.1 Å². The quantitative estimate of drug-likeness (QED) is 0.693. The van der Waals surface area contributed by atoms with Gasteiger partial charge in [0, 0.05) is 43.3 Å². The summed E-state index contributed by atoms with van der Waals surface area (Å²) >= 11 is 6.12. The zero-order chi connectivity index (χ0) is 20.7. The minimum absolute atomic E-state index is 0.279. The van der Waals surface area contributed by atoms with Crippen molar-refractivity contribution in [1.82, 2.24) is 19.7 Å². The predicted octanol–water partition coefficient (Wildman–Crippen LogP) is 3.63. The first-order valence-electron chi connectivity index (χ1n) is 10.0. The molecule has 2 aromatic carbocycles. The van der Waals surface area contributed by atoms with E-state index in [9.17, 15) is 9.18 Å². The highest BCUT2D eigenvalue weighted by atomic mass is 35.5. The Kier molecular flexibility index (Phi) is 5.00. The van der Waals surface area contributed by atoms with E-state index in [4.69, 9.17) is 11.6 Å². The minimum Gasteiger partial charge on any atom is -0.319 e. The summed E-state index contributed by atoms with van der Waals surface area (Å²) in [6, 6.07) is 13.8. The lowest BCUT2D eigenvalue weighted by atomic mass is 9.89. The highest BCUT2D eigenvalue weighted by Crippen LogP contribution is 2.33. The number of nitrogens with one attached hydrogen (secondary N) is 1. The Labute approximate surface area is 178 Å². The van der Waals surface area contributed by atoms with E-state index in [0.717, 1.165) is 36.9 Å². The third-order valence-corrected chi connectivity index (χ3v) is 6.16. The molecule has 1 saturated heterocycles. The van der Waals surface area contributed by atoms with Gasteiger partial charge in [0.25, 0.3) is 5.91 Å². The Hall–Kier alpha value is -2.77. The molecule has 0 saturated carbocycles. The fourth-order valence-corrected chi connectivity index (χ4v) is 4.78. The number of nitrogens with zero attached hydrogens (tertiary/aromatic N) is 4. The Balaban J connectivity index is 1.28. The fourth-order valence-electron chi connectivity index (χ4n) is 4.56. The normalized spacial score (nSPS) is 20.6. The SMILES string of the molecule is O=C(Nc1cccc(F)c1)c1nnc2n1C[C@H]1CN(Cc3cccc(Cl)c3)C[C@@H]1C2. The molecule has 5 rings (SSSR count). The zero-order valence-electron chi connectivity index (χ0n) is 16.3. The molecule has 0 unspecified atom stereocenters. The number of likely N-dealkylation sites (tertiary alicyclic amines) is 1. The molecule has 8 heteroatoms. The molecule has 1 N–H and O–H groups in total. The van der Waals surface area contributed by atoms with Crippen LogP contribution in [0.5, 0.6) is 0 Å². The lowest BCUT2D eigenvalue weighted by Crippen LogP contribution is -2.31. The van der Waals surface area contributed by atoms with Crippen LogP contribution < -0.4 is 5.32 Å². The van der Waals surface area contributed by atoms with E-state index in [1.54, 1.807) is 12.1 Å². The molecule has 0 bridgehead atoms. The largest absolute Gasteiger partial charge is 0.319 e. The Morgan fingerprint density at radius 1 is 1.10 bits per heavy atom. The molecule has 0 spiro atoms. The molecule has 1 fully saturated rings. The predicted molar refractivity (Wildman–Crippen MR) is 112 cm³/mol. The summed E-state index contributed by atoms with van der Waals surface area (Å²) in [7, 11) is 0. The van der Waals surface area contributed by atoms with Crippen LogP contribution in [0.25, 0.3) is 0 Å². The van der Waals surface area contributed by atoms with E-state index in [-0.39, 0.29) is 11.7 Å². The van der Waals surface area contributed by atoms with Crippen molar-refractivity contribution in [3.63, 3.8) is 0 Å². The zero-order valence-corrected chi connectivity index (χ0v) is 17.0. The molecule has 2 aliphatic heterocycles. The van der Waals surface area contributed by atoms with Gasteiger partial charge in [-0.05, 0) is 47.7 Å². The van der Waals surface area contributed by atoms with Gasteiger partial charge in [0.2, 0.25) is 5.82 Å². The number of rotatable bonds is 4. The second kappa shape index (κ2) is 7.81. The van der Waals surface area contributed by atoms with E-state index in [1.165, 1.54) is 17.7 Å². The van der Waals surface area contributed by atoms with Crippen molar-refractivity contribution in [2.45, 2.75) is 19.5 Å². The molecule has 30 heavy (non-hydrogen) atoms. The van der Waals surface area contributed by atoms with Gasteiger partial charge >= 0.3 is 0 Å². The molecular weight excluding hydrogens is 405 g/mol. The molecule has 6 nitrogen and oxygen atoms in total. The average Bonchev–Trinajstić information content (AvgIpc) is 3.28. The van der Waals surface area contributed by atoms with Crippen molar-refractivity contribution in [2.75, 3.05) is 18.4 Å². The van der Waals surface area contributed by atoms with Crippen LogP contribution in [0.15, 0.2) is 48.5 Å². The maximum atomic E-state index is 13.4. The van der Waals surface area contributed by atoms with E-state index < -0.39 is 5.82 Å². The van der Waals surface area contributed by atoms with Gasteiger partial charge in [0.05, 0.1) is 0 Å². The van der Waals surface area contributed by atoms with Crippen molar-refractivity contribution in [2.24, 2.45) is 11.8 Å².